The summed E-state index contributed by atoms with van der Waals surface area (Å²) in [5, 5.41) is 0. The summed E-state index contributed by atoms with van der Waals surface area (Å²) in [5.74, 6) is 0.904. The molecule has 0 N–H and O–H groups in total. The maximum Gasteiger partial charge on any atom is 0.152 e. The quantitative estimate of drug-likeness (QED) is 0.688. The minimum Gasteiger partial charge on any atom is -0.298 e. The van der Waals surface area contributed by atoms with Gasteiger partial charge in [0.25, 0.3) is 0 Å². The van der Waals surface area contributed by atoms with E-state index in [0.717, 1.165) is 19.4 Å². The van der Waals surface area contributed by atoms with Gasteiger partial charge in [0.15, 0.2) is 5.78 Å². The number of carbonyl (C=O) groups excluding carboxylic acids is 1. The molecule has 4 atom stereocenters. The second-order valence-electron chi connectivity index (χ2n) is 4.83. The normalized spacial score (nSPS) is 41.7. The Bertz CT molecular complexity index is 222. The van der Waals surface area contributed by atoms with E-state index in [2.05, 4.69) is 18.7 Å². The van der Waals surface area contributed by atoms with Gasteiger partial charge in [-0.1, -0.05) is 19.8 Å². The highest BCUT2D eigenvalue weighted by molar-refractivity contribution is 5.87. The number of piperidine rings is 3. The fourth-order valence-electron chi connectivity index (χ4n) is 3.07. The van der Waals surface area contributed by atoms with Crippen molar-refractivity contribution in [2.24, 2.45) is 5.92 Å². The fourth-order valence-corrected chi connectivity index (χ4v) is 3.07. The summed E-state index contributed by atoms with van der Waals surface area (Å²) in [6.07, 6.45) is 6.14. The summed E-state index contributed by atoms with van der Waals surface area (Å²) in [5.41, 5.74) is 0. The second kappa shape index (κ2) is 4.01. The second-order valence-corrected chi connectivity index (χ2v) is 4.83. The van der Waals surface area contributed by atoms with Crippen LogP contribution in [0.3, 0.4) is 0 Å². The third kappa shape index (κ3) is 1.60. The molecule has 2 heteroatoms. The van der Waals surface area contributed by atoms with Crippen LogP contribution in [0.1, 0.15) is 46.0 Å². The number of Topliss-reactive ketones (excluding diaryl/α,β-unsaturated/α-hetero) is 1. The molecule has 0 aromatic rings. The molecule has 2 bridgehead atoms. The number of ketones is 1. The number of hydrogen-bond acceptors (Lipinski definition) is 2. The van der Waals surface area contributed by atoms with E-state index in [9.17, 15) is 4.79 Å². The van der Waals surface area contributed by atoms with Gasteiger partial charge in [-0.25, -0.2) is 0 Å². The molecule has 80 valence electrons. The van der Waals surface area contributed by atoms with Crippen molar-refractivity contribution < 1.29 is 4.79 Å². The van der Waals surface area contributed by atoms with Crippen molar-refractivity contribution in [3.63, 3.8) is 0 Å². The molecule has 0 radical (unpaired) electrons. The molecule has 0 spiro atoms. The number of rotatable bonds is 3. The van der Waals surface area contributed by atoms with Crippen LogP contribution < -0.4 is 0 Å². The highest BCUT2D eigenvalue weighted by Crippen LogP contribution is 2.35. The summed E-state index contributed by atoms with van der Waals surface area (Å²) in [6, 6.07) is 0.922. The Balaban J connectivity index is 2.00. The molecule has 3 heterocycles. The van der Waals surface area contributed by atoms with Crippen molar-refractivity contribution in [3.8, 4) is 0 Å². The molecule has 3 rings (SSSR count). The molecular formula is C12H21NO. The van der Waals surface area contributed by atoms with E-state index in [1.165, 1.54) is 19.3 Å². The van der Waals surface area contributed by atoms with Crippen molar-refractivity contribution in [1.82, 2.24) is 4.90 Å². The molecule has 14 heavy (non-hydrogen) atoms. The number of fused-ring (bicyclic) bond motifs is 3. The zero-order valence-electron chi connectivity index (χ0n) is 9.33. The van der Waals surface area contributed by atoms with Crippen LogP contribution in [0.5, 0.6) is 0 Å². The van der Waals surface area contributed by atoms with E-state index in [1.807, 2.05) is 0 Å². The molecular weight excluding hydrogens is 174 g/mol. The minimum atomic E-state index is 0.212. The van der Waals surface area contributed by atoms with E-state index in [-0.39, 0.29) is 6.04 Å². The van der Waals surface area contributed by atoms with Crippen molar-refractivity contribution in [3.05, 3.63) is 0 Å². The first-order chi connectivity index (χ1) is 6.74. The van der Waals surface area contributed by atoms with Crippen molar-refractivity contribution >= 4 is 5.78 Å². The lowest BCUT2D eigenvalue weighted by molar-refractivity contribution is -0.140. The molecule has 4 unspecified atom stereocenters. The van der Waals surface area contributed by atoms with Gasteiger partial charge in [0.1, 0.15) is 0 Å². The first-order valence-corrected chi connectivity index (χ1v) is 6.03. The number of unbranched alkanes of at least 4 members (excludes halogenated alkanes) is 1. The first-order valence-electron chi connectivity index (χ1n) is 6.03. The van der Waals surface area contributed by atoms with Crippen LogP contribution in [-0.2, 0) is 4.79 Å². The van der Waals surface area contributed by atoms with Gasteiger partial charge >= 0.3 is 0 Å². The lowest BCUT2D eigenvalue weighted by Crippen LogP contribution is -2.58. The van der Waals surface area contributed by atoms with Crippen molar-refractivity contribution in [2.75, 3.05) is 6.54 Å². The van der Waals surface area contributed by atoms with Crippen LogP contribution in [0.15, 0.2) is 0 Å². The predicted octanol–water partition coefficient (Wildman–Crippen LogP) is 2.23. The Morgan fingerprint density at radius 2 is 2.29 bits per heavy atom. The summed E-state index contributed by atoms with van der Waals surface area (Å²) in [4.78, 5) is 14.2. The zero-order chi connectivity index (χ0) is 10.1. The predicted molar refractivity (Wildman–Crippen MR) is 57.2 cm³/mol. The molecule has 2 nitrogen and oxygen atoms in total. The average Bonchev–Trinajstić information content (AvgIpc) is 2.22. The van der Waals surface area contributed by atoms with Gasteiger partial charge in [-0.2, -0.15) is 0 Å². The smallest absolute Gasteiger partial charge is 0.152 e. The van der Waals surface area contributed by atoms with Crippen LogP contribution in [0.25, 0.3) is 0 Å². The number of hydrogen-bond donors (Lipinski definition) is 0. The molecule has 0 saturated carbocycles. The zero-order valence-corrected chi connectivity index (χ0v) is 9.33. The first kappa shape index (κ1) is 10.2. The third-order valence-corrected chi connectivity index (χ3v) is 3.96. The molecule has 0 aromatic carbocycles. The van der Waals surface area contributed by atoms with Gasteiger partial charge in [-0.3, -0.25) is 9.69 Å². The van der Waals surface area contributed by atoms with Crippen LogP contribution in [0.2, 0.25) is 0 Å². The molecule has 0 aliphatic carbocycles. The van der Waals surface area contributed by atoms with Gasteiger partial charge in [0, 0.05) is 12.0 Å². The monoisotopic (exact) mass is 195 g/mol. The summed E-state index contributed by atoms with van der Waals surface area (Å²) >= 11 is 0. The van der Waals surface area contributed by atoms with Gasteiger partial charge in [0.05, 0.1) is 6.04 Å². The summed E-state index contributed by atoms with van der Waals surface area (Å²) in [6.45, 7) is 5.49. The molecule has 0 amide bonds. The summed E-state index contributed by atoms with van der Waals surface area (Å²) < 4.78 is 0. The molecule has 0 aromatic heterocycles. The molecule has 3 aliphatic heterocycles. The van der Waals surface area contributed by atoms with Crippen LogP contribution in [0, 0.1) is 5.92 Å². The van der Waals surface area contributed by atoms with Crippen LogP contribution in [0.4, 0.5) is 0 Å². The summed E-state index contributed by atoms with van der Waals surface area (Å²) in [7, 11) is 0. The third-order valence-electron chi connectivity index (χ3n) is 3.96. The minimum absolute atomic E-state index is 0.212. The average molecular weight is 195 g/mol. The van der Waals surface area contributed by atoms with Crippen LogP contribution >= 0.6 is 0 Å². The van der Waals surface area contributed by atoms with Gasteiger partial charge in [-0.15, -0.1) is 0 Å². The lowest BCUT2D eigenvalue weighted by Gasteiger charge is -2.48. The standard InChI is InChI=1S/C12H21NO/c1-3-4-5-11-8-10-6-7-13(11)9(2)12(10)14/h9-11H,3-8H2,1-2H3. The van der Waals surface area contributed by atoms with Crippen molar-refractivity contribution in [1.29, 1.82) is 0 Å². The Kier molecular flexibility index (Phi) is 2.91. The Hall–Kier alpha value is -0.370. The van der Waals surface area contributed by atoms with Gasteiger partial charge in [-0.05, 0) is 32.7 Å². The van der Waals surface area contributed by atoms with Crippen LogP contribution in [-0.4, -0.2) is 29.3 Å². The SMILES string of the molecule is CCCCC1CC2CCN1C(C)C2=O. The number of carbonyl (C=O) groups is 1. The van der Waals surface area contributed by atoms with E-state index in [0.29, 0.717) is 17.7 Å². The highest BCUT2D eigenvalue weighted by atomic mass is 16.1. The largest absolute Gasteiger partial charge is 0.298 e. The van der Waals surface area contributed by atoms with E-state index < -0.39 is 0 Å². The molecule has 3 aliphatic rings. The maximum absolute atomic E-state index is 11.8. The number of nitrogens with zero attached hydrogens (tertiary/aromatic N) is 1. The van der Waals surface area contributed by atoms with E-state index >= 15 is 0 Å². The van der Waals surface area contributed by atoms with Gasteiger partial charge in [0.2, 0.25) is 0 Å². The topological polar surface area (TPSA) is 20.3 Å². The van der Waals surface area contributed by atoms with E-state index in [1.54, 1.807) is 0 Å². The Labute approximate surface area is 86.7 Å². The lowest BCUT2D eigenvalue weighted by atomic mass is 9.77. The fraction of sp³-hybridized carbons (Fsp3) is 0.917. The highest BCUT2D eigenvalue weighted by Gasteiger charge is 2.43. The van der Waals surface area contributed by atoms with Crippen molar-refractivity contribution in [2.45, 2.75) is 58.0 Å². The Morgan fingerprint density at radius 1 is 1.50 bits per heavy atom. The molecule has 3 saturated heterocycles. The van der Waals surface area contributed by atoms with Gasteiger partial charge < -0.3 is 0 Å². The Morgan fingerprint density at radius 3 is 2.93 bits per heavy atom. The molecule has 3 fully saturated rings. The maximum atomic E-state index is 11.8. The van der Waals surface area contributed by atoms with E-state index in [4.69, 9.17) is 0 Å².